The summed E-state index contributed by atoms with van der Waals surface area (Å²) in [7, 11) is -3.64. The van der Waals surface area contributed by atoms with Gasteiger partial charge in [-0.1, -0.05) is 65.8 Å². The molecule has 3 aromatic carbocycles. The first kappa shape index (κ1) is 20.4. The van der Waals surface area contributed by atoms with Crippen molar-refractivity contribution in [3.63, 3.8) is 0 Å². The molecule has 0 unspecified atom stereocenters. The summed E-state index contributed by atoms with van der Waals surface area (Å²) in [5, 5.41) is 5.78. The topological polar surface area (TPSA) is 83.7 Å². The zero-order valence-electron chi connectivity index (χ0n) is 17.2. The molecular weight excluding hydrogens is 426 g/mol. The number of nitrogens with zero attached hydrogens (tertiary/aromatic N) is 3. The lowest BCUT2D eigenvalue weighted by Crippen LogP contribution is -2.50. The van der Waals surface area contributed by atoms with Crippen LogP contribution in [0, 0.1) is 0 Å². The van der Waals surface area contributed by atoms with Crippen molar-refractivity contribution in [1.82, 2.24) is 14.4 Å². The molecule has 4 aromatic rings. The second kappa shape index (κ2) is 8.22. The first-order chi connectivity index (χ1) is 15.5. The van der Waals surface area contributed by atoms with Gasteiger partial charge >= 0.3 is 0 Å². The number of amides is 1. The number of carbonyl (C=O) groups is 1. The molecule has 1 amide bonds. The molecule has 2 heterocycles. The number of benzene rings is 3. The van der Waals surface area contributed by atoms with Crippen LogP contribution in [0.25, 0.3) is 22.1 Å². The zero-order chi connectivity index (χ0) is 22.1. The lowest BCUT2D eigenvalue weighted by molar-refractivity contribution is 0.0687. The minimum Gasteiger partial charge on any atom is -0.355 e. The Morgan fingerprint density at radius 2 is 1.50 bits per heavy atom. The molecule has 0 spiro atoms. The standard InChI is InChI=1S/C24H21N3O4S/c28-24(22-17-23(31-25-22)19-7-2-1-3-8-19)26-12-14-27(15-13-26)32(29,30)21-11-10-18-6-4-5-9-20(18)16-21/h1-11,16-17H,12-15H2. The molecule has 1 fully saturated rings. The summed E-state index contributed by atoms with van der Waals surface area (Å²) < 4.78 is 33.0. The highest BCUT2D eigenvalue weighted by Gasteiger charge is 2.31. The van der Waals surface area contributed by atoms with E-state index in [0.29, 0.717) is 18.8 Å². The number of piperazine rings is 1. The van der Waals surface area contributed by atoms with E-state index in [9.17, 15) is 13.2 Å². The van der Waals surface area contributed by atoms with Gasteiger partial charge in [-0.2, -0.15) is 4.31 Å². The first-order valence-corrected chi connectivity index (χ1v) is 11.8. The van der Waals surface area contributed by atoms with Crippen molar-refractivity contribution in [3.8, 4) is 11.3 Å². The van der Waals surface area contributed by atoms with Gasteiger partial charge in [0.2, 0.25) is 10.0 Å². The van der Waals surface area contributed by atoms with E-state index in [2.05, 4.69) is 5.16 Å². The van der Waals surface area contributed by atoms with Gasteiger partial charge in [0.15, 0.2) is 11.5 Å². The summed E-state index contributed by atoms with van der Waals surface area (Å²) in [6.45, 7) is 1.03. The highest BCUT2D eigenvalue weighted by molar-refractivity contribution is 7.89. The van der Waals surface area contributed by atoms with Crippen LogP contribution in [0.5, 0.6) is 0 Å². The van der Waals surface area contributed by atoms with Crippen LogP contribution in [0.4, 0.5) is 0 Å². The molecule has 5 rings (SSSR count). The number of aromatic nitrogens is 1. The molecule has 0 radical (unpaired) electrons. The number of carbonyl (C=O) groups excluding carboxylic acids is 1. The molecule has 1 saturated heterocycles. The Bertz CT molecular complexity index is 1370. The Morgan fingerprint density at radius 1 is 0.812 bits per heavy atom. The maximum atomic E-state index is 13.1. The molecule has 0 aliphatic carbocycles. The Morgan fingerprint density at radius 3 is 2.25 bits per heavy atom. The van der Waals surface area contributed by atoms with E-state index in [1.807, 2.05) is 60.7 Å². The van der Waals surface area contributed by atoms with Gasteiger partial charge in [0.05, 0.1) is 4.90 Å². The van der Waals surface area contributed by atoms with Crippen LogP contribution in [0.2, 0.25) is 0 Å². The third kappa shape index (κ3) is 3.79. The molecule has 0 bridgehead atoms. The molecule has 8 heteroatoms. The van der Waals surface area contributed by atoms with Gasteiger partial charge in [0.25, 0.3) is 5.91 Å². The van der Waals surface area contributed by atoms with Crippen molar-refractivity contribution < 1.29 is 17.7 Å². The third-order valence-corrected chi connectivity index (χ3v) is 7.57. The Labute approximate surface area is 185 Å². The molecule has 1 aliphatic heterocycles. The average Bonchev–Trinajstić information content (AvgIpc) is 3.34. The summed E-state index contributed by atoms with van der Waals surface area (Å²) in [5.41, 5.74) is 1.06. The molecule has 0 N–H and O–H groups in total. The number of sulfonamides is 1. The van der Waals surface area contributed by atoms with Crippen LogP contribution in [-0.4, -0.2) is 54.9 Å². The van der Waals surface area contributed by atoms with Crippen molar-refractivity contribution in [3.05, 3.63) is 84.6 Å². The van der Waals surface area contributed by atoms with Gasteiger partial charge in [0, 0.05) is 37.8 Å². The van der Waals surface area contributed by atoms with E-state index < -0.39 is 10.0 Å². The van der Waals surface area contributed by atoms with Crippen LogP contribution >= 0.6 is 0 Å². The Balaban J connectivity index is 1.28. The van der Waals surface area contributed by atoms with E-state index >= 15 is 0 Å². The summed E-state index contributed by atoms with van der Waals surface area (Å²) in [6, 6.07) is 23.8. The third-order valence-electron chi connectivity index (χ3n) is 5.67. The zero-order valence-corrected chi connectivity index (χ0v) is 18.0. The molecule has 1 aliphatic rings. The highest BCUT2D eigenvalue weighted by atomic mass is 32.2. The molecule has 32 heavy (non-hydrogen) atoms. The van der Waals surface area contributed by atoms with Crippen molar-refractivity contribution in [1.29, 1.82) is 0 Å². The van der Waals surface area contributed by atoms with Crippen LogP contribution in [0.15, 0.2) is 88.3 Å². The fourth-order valence-electron chi connectivity index (χ4n) is 3.88. The predicted molar refractivity (Wildman–Crippen MR) is 121 cm³/mol. The number of rotatable bonds is 4. The second-order valence-electron chi connectivity index (χ2n) is 7.65. The second-order valence-corrected chi connectivity index (χ2v) is 9.59. The normalized spacial score (nSPS) is 15.2. The van der Waals surface area contributed by atoms with Gasteiger partial charge in [-0.25, -0.2) is 8.42 Å². The molecule has 162 valence electrons. The predicted octanol–water partition coefficient (Wildman–Crippen LogP) is 3.64. The SMILES string of the molecule is O=C(c1cc(-c2ccccc2)on1)N1CCN(S(=O)(=O)c2ccc3ccccc3c2)CC1. The van der Waals surface area contributed by atoms with Gasteiger partial charge in [-0.05, 0) is 22.9 Å². The van der Waals surface area contributed by atoms with Crippen LogP contribution in [-0.2, 0) is 10.0 Å². The molecule has 7 nitrogen and oxygen atoms in total. The molecular formula is C24H21N3O4S. The summed E-state index contributed by atoms with van der Waals surface area (Å²) in [6.07, 6.45) is 0. The van der Waals surface area contributed by atoms with Crippen LogP contribution < -0.4 is 0 Å². The molecule has 0 saturated carbocycles. The minimum atomic E-state index is -3.64. The van der Waals surface area contributed by atoms with E-state index in [1.54, 1.807) is 23.1 Å². The van der Waals surface area contributed by atoms with Crippen LogP contribution in [0.1, 0.15) is 10.5 Å². The lowest BCUT2D eigenvalue weighted by Gasteiger charge is -2.33. The Hall–Kier alpha value is -3.49. The monoisotopic (exact) mass is 447 g/mol. The first-order valence-electron chi connectivity index (χ1n) is 10.3. The van der Waals surface area contributed by atoms with Gasteiger partial charge in [0.1, 0.15) is 0 Å². The van der Waals surface area contributed by atoms with Crippen LogP contribution in [0.3, 0.4) is 0 Å². The number of hydrogen-bond acceptors (Lipinski definition) is 5. The van der Waals surface area contributed by atoms with Gasteiger partial charge in [-0.3, -0.25) is 4.79 Å². The largest absolute Gasteiger partial charge is 0.355 e. The average molecular weight is 448 g/mol. The Kier molecular flexibility index (Phi) is 5.24. The van der Waals surface area contributed by atoms with E-state index in [0.717, 1.165) is 16.3 Å². The van der Waals surface area contributed by atoms with Gasteiger partial charge < -0.3 is 9.42 Å². The fraction of sp³-hybridized carbons (Fsp3) is 0.167. The number of hydrogen-bond donors (Lipinski definition) is 0. The maximum absolute atomic E-state index is 13.1. The fourth-order valence-corrected chi connectivity index (χ4v) is 5.34. The molecule has 1 aromatic heterocycles. The maximum Gasteiger partial charge on any atom is 0.276 e. The summed E-state index contributed by atoms with van der Waals surface area (Å²) in [5.74, 6) is 0.255. The van der Waals surface area contributed by atoms with Gasteiger partial charge in [-0.15, -0.1) is 0 Å². The summed E-state index contributed by atoms with van der Waals surface area (Å²) >= 11 is 0. The quantitative estimate of drug-likeness (QED) is 0.477. The van der Waals surface area contributed by atoms with Crippen molar-refractivity contribution in [2.75, 3.05) is 26.2 Å². The van der Waals surface area contributed by atoms with E-state index in [-0.39, 0.29) is 29.6 Å². The lowest BCUT2D eigenvalue weighted by atomic mass is 10.1. The minimum absolute atomic E-state index is 0.217. The number of fused-ring (bicyclic) bond motifs is 1. The van der Waals surface area contributed by atoms with Crippen molar-refractivity contribution in [2.45, 2.75) is 4.90 Å². The van der Waals surface area contributed by atoms with E-state index in [1.165, 1.54) is 4.31 Å². The smallest absolute Gasteiger partial charge is 0.276 e. The van der Waals surface area contributed by atoms with Crippen molar-refractivity contribution in [2.24, 2.45) is 0 Å². The summed E-state index contributed by atoms with van der Waals surface area (Å²) in [4.78, 5) is 14.7. The van der Waals surface area contributed by atoms with Crippen molar-refractivity contribution >= 4 is 26.7 Å². The molecule has 0 atom stereocenters. The van der Waals surface area contributed by atoms with E-state index in [4.69, 9.17) is 4.52 Å². The highest BCUT2D eigenvalue weighted by Crippen LogP contribution is 2.24.